The van der Waals surface area contributed by atoms with E-state index in [2.05, 4.69) is 6.07 Å². The third-order valence-corrected chi connectivity index (χ3v) is 2.74. The fraction of sp³-hybridized carbons (Fsp3) is 0.333. The standard InChI is InChI=1S/C12H13N3O.ClH/c13-6-9-3-1-2-4-10(9)7-15-8-11(14)5-12(15)16;/h1-4,11H,5,7-8,14H2;1H. The minimum atomic E-state index is -0.0678. The summed E-state index contributed by atoms with van der Waals surface area (Å²) in [5.74, 6) is 0.0697. The van der Waals surface area contributed by atoms with E-state index in [-0.39, 0.29) is 24.4 Å². The van der Waals surface area contributed by atoms with Crippen molar-refractivity contribution in [1.29, 1.82) is 5.26 Å². The number of benzene rings is 1. The molecular formula is C12H14ClN3O. The molecule has 0 saturated carbocycles. The van der Waals surface area contributed by atoms with Crippen molar-refractivity contribution in [2.75, 3.05) is 6.54 Å². The molecule has 4 nitrogen and oxygen atoms in total. The summed E-state index contributed by atoms with van der Waals surface area (Å²) in [7, 11) is 0. The van der Waals surface area contributed by atoms with E-state index < -0.39 is 0 Å². The molecule has 5 heteroatoms. The highest BCUT2D eigenvalue weighted by Gasteiger charge is 2.27. The van der Waals surface area contributed by atoms with Gasteiger partial charge in [-0.2, -0.15) is 5.26 Å². The molecule has 1 saturated heterocycles. The minimum Gasteiger partial charge on any atom is -0.337 e. The normalized spacial score (nSPS) is 18.7. The van der Waals surface area contributed by atoms with Crippen molar-refractivity contribution in [3.05, 3.63) is 35.4 Å². The zero-order valence-electron chi connectivity index (χ0n) is 9.30. The quantitative estimate of drug-likeness (QED) is 0.854. The molecule has 90 valence electrons. The van der Waals surface area contributed by atoms with Crippen LogP contribution in [0.15, 0.2) is 24.3 Å². The van der Waals surface area contributed by atoms with Gasteiger partial charge in [-0.15, -0.1) is 12.4 Å². The summed E-state index contributed by atoms with van der Waals surface area (Å²) < 4.78 is 0. The highest BCUT2D eigenvalue weighted by Crippen LogP contribution is 2.16. The van der Waals surface area contributed by atoms with Crippen LogP contribution in [0.2, 0.25) is 0 Å². The monoisotopic (exact) mass is 251 g/mol. The lowest BCUT2D eigenvalue weighted by Gasteiger charge is -2.16. The number of nitriles is 1. The molecule has 1 amide bonds. The van der Waals surface area contributed by atoms with Gasteiger partial charge in [0.2, 0.25) is 5.91 Å². The Morgan fingerprint density at radius 1 is 1.47 bits per heavy atom. The van der Waals surface area contributed by atoms with Gasteiger partial charge >= 0.3 is 0 Å². The molecular weight excluding hydrogens is 238 g/mol. The van der Waals surface area contributed by atoms with E-state index in [9.17, 15) is 4.79 Å². The minimum absolute atomic E-state index is 0. The number of likely N-dealkylation sites (tertiary alicyclic amines) is 1. The lowest BCUT2D eigenvalue weighted by molar-refractivity contribution is -0.128. The first-order valence-corrected chi connectivity index (χ1v) is 5.22. The summed E-state index contributed by atoms with van der Waals surface area (Å²) in [5, 5.41) is 8.93. The first kappa shape index (κ1) is 13.5. The number of halogens is 1. The molecule has 0 radical (unpaired) electrons. The second kappa shape index (κ2) is 5.67. The fourth-order valence-corrected chi connectivity index (χ4v) is 1.93. The number of rotatable bonds is 2. The van der Waals surface area contributed by atoms with Gasteiger partial charge in [0, 0.05) is 25.6 Å². The average molecular weight is 252 g/mol. The molecule has 2 N–H and O–H groups in total. The lowest BCUT2D eigenvalue weighted by Crippen LogP contribution is -2.28. The molecule has 1 unspecified atom stereocenters. The molecule has 1 fully saturated rings. The predicted molar refractivity (Wildman–Crippen MR) is 66.4 cm³/mol. The number of nitrogens with two attached hydrogens (primary N) is 1. The van der Waals surface area contributed by atoms with Crippen molar-refractivity contribution in [2.45, 2.75) is 19.0 Å². The summed E-state index contributed by atoms with van der Waals surface area (Å²) in [5.41, 5.74) is 7.22. The number of amides is 1. The second-order valence-electron chi connectivity index (χ2n) is 4.01. The molecule has 0 spiro atoms. The molecule has 2 rings (SSSR count). The number of carbonyl (C=O) groups excluding carboxylic acids is 1. The molecule has 0 bridgehead atoms. The predicted octanol–water partition coefficient (Wildman–Crippen LogP) is 1.04. The van der Waals surface area contributed by atoms with Gasteiger partial charge in [-0.05, 0) is 11.6 Å². The highest BCUT2D eigenvalue weighted by molar-refractivity contribution is 5.85. The Morgan fingerprint density at radius 3 is 2.76 bits per heavy atom. The molecule has 1 atom stereocenters. The number of hydrogen-bond acceptors (Lipinski definition) is 3. The van der Waals surface area contributed by atoms with E-state index in [4.69, 9.17) is 11.0 Å². The number of nitrogens with zero attached hydrogens (tertiary/aromatic N) is 2. The van der Waals surface area contributed by atoms with Gasteiger partial charge in [0.05, 0.1) is 11.6 Å². The van der Waals surface area contributed by atoms with Crippen molar-refractivity contribution in [2.24, 2.45) is 5.73 Å². The summed E-state index contributed by atoms with van der Waals surface area (Å²) in [6.07, 6.45) is 0.411. The first-order chi connectivity index (χ1) is 7.70. The summed E-state index contributed by atoms with van der Waals surface area (Å²) >= 11 is 0. The third-order valence-electron chi connectivity index (χ3n) is 2.74. The van der Waals surface area contributed by atoms with Crippen LogP contribution in [0.4, 0.5) is 0 Å². The van der Waals surface area contributed by atoms with Crippen LogP contribution in [0.25, 0.3) is 0 Å². The molecule has 1 heterocycles. The maximum atomic E-state index is 11.6. The van der Waals surface area contributed by atoms with Gasteiger partial charge in [0.15, 0.2) is 0 Å². The molecule has 0 aromatic heterocycles. The molecule has 0 aliphatic carbocycles. The number of hydrogen-bond donors (Lipinski definition) is 1. The van der Waals surface area contributed by atoms with Gasteiger partial charge in [-0.25, -0.2) is 0 Å². The zero-order valence-corrected chi connectivity index (χ0v) is 10.1. The number of carbonyl (C=O) groups is 1. The van der Waals surface area contributed by atoms with Crippen molar-refractivity contribution >= 4 is 18.3 Å². The fourth-order valence-electron chi connectivity index (χ4n) is 1.93. The van der Waals surface area contributed by atoms with Crippen LogP contribution in [0.5, 0.6) is 0 Å². The zero-order chi connectivity index (χ0) is 11.5. The van der Waals surface area contributed by atoms with Crippen LogP contribution in [0, 0.1) is 11.3 Å². The van der Waals surface area contributed by atoms with E-state index in [0.29, 0.717) is 25.1 Å². The van der Waals surface area contributed by atoms with Crippen molar-refractivity contribution in [3.8, 4) is 6.07 Å². The average Bonchev–Trinajstić information content (AvgIpc) is 2.58. The highest BCUT2D eigenvalue weighted by atomic mass is 35.5. The van der Waals surface area contributed by atoms with Gasteiger partial charge < -0.3 is 10.6 Å². The molecule has 1 aliphatic heterocycles. The van der Waals surface area contributed by atoms with Crippen LogP contribution < -0.4 is 5.73 Å². The van der Waals surface area contributed by atoms with Crippen LogP contribution >= 0.6 is 12.4 Å². The Morgan fingerprint density at radius 2 is 2.18 bits per heavy atom. The van der Waals surface area contributed by atoms with E-state index in [1.165, 1.54) is 0 Å². The summed E-state index contributed by atoms with van der Waals surface area (Å²) in [6.45, 7) is 1.06. The maximum Gasteiger partial charge on any atom is 0.224 e. The van der Waals surface area contributed by atoms with E-state index in [1.807, 2.05) is 18.2 Å². The van der Waals surface area contributed by atoms with Gasteiger partial charge in [0.1, 0.15) is 0 Å². The van der Waals surface area contributed by atoms with Crippen molar-refractivity contribution in [3.63, 3.8) is 0 Å². The van der Waals surface area contributed by atoms with Crippen LogP contribution in [-0.2, 0) is 11.3 Å². The molecule has 1 aromatic rings. The SMILES string of the molecule is Cl.N#Cc1ccccc1CN1CC(N)CC1=O. The molecule has 1 aromatic carbocycles. The molecule has 1 aliphatic rings. The summed E-state index contributed by atoms with van der Waals surface area (Å²) in [6, 6.07) is 9.38. The van der Waals surface area contributed by atoms with Crippen molar-refractivity contribution in [1.82, 2.24) is 4.90 Å². The lowest BCUT2D eigenvalue weighted by atomic mass is 10.1. The van der Waals surface area contributed by atoms with Gasteiger partial charge in [0.25, 0.3) is 0 Å². The van der Waals surface area contributed by atoms with E-state index >= 15 is 0 Å². The smallest absolute Gasteiger partial charge is 0.224 e. The third kappa shape index (κ3) is 2.96. The van der Waals surface area contributed by atoms with Crippen molar-refractivity contribution < 1.29 is 4.79 Å². The largest absolute Gasteiger partial charge is 0.337 e. The van der Waals surface area contributed by atoms with Crippen LogP contribution in [0.1, 0.15) is 17.5 Å². The van der Waals surface area contributed by atoms with Crippen LogP contribution in [0.3, 0.4) is 0 Å². The topological polar surface area (TPSA) is 70.1 Å². The Hall–Kier alpha value is -1.57. The maximum absolute atomic E-state index is 11.6. The van der Waals surface area contributed by atoms with E-state index in [0.717, 1.165) is 5.56 Å². The Labute approximate surface area is 106 Å². The van der Waals surface area contributed by atoms with E-state index in [1.54, 1.807) is 11.0 Å². The molecule has 17 heavy (non-hydrogen) atoms. The van der Waals surface area contributed by atoms with Gasteiger partial charge in [-0.1, -0.05) is 18.2 Å². The first-order valence-electron chi connectivity index (χ1n) is 5.22. The Balaban J connectivity index is 0.00000144. The Bertz CT molecular complexity index is 455. The van der Waals surface area contributed by atoms with Crippen LogP contribution in [-0.4, -0.2) is 23.4 Å². The van der Waals surface area contributed by atoms with Gasteiger partial charge in [-0.3, -0.25) is 4.79 Å². The Kier molecular flexibility index (Phi) is 4.50. The summed E-state index contributed by atoms with van der Waals surface area (Å²) in [4.78, 5) is 13.3. The second-order valence-corrected chi connectivity index (χ2v) is 4.01.